The number of ether oxygens (including phenoxy) is 3. The third kappa shape index (κ3) is 6.55. The first-order valence-corrected chi connectivity index (χ1v) is 11.4. The Morgan fingerprint density at radius 3 is 2.42 bits per heavy atom. The van der Waals surface area contributed by atoms with Gasteiger partial charge in [0.05, 0.1) is 26.5 Å². The van der Waals surface area contributed by atoms with Gasteiger partial charge in [-0.25, -0.2) is 9.78 Å². The van der Waals surface area contributed by atoms with Crippen molar-refractivity contribution in [3.63, 3.8) is 0 Å². The van der Waals surface area contributed by atoms with Crippen molar-refractivity contribution >= 4 is 23.2 Å². The number of rotatable bonds is 10. The lowest BCUT2D eigenvalue weighted by Gasteiger charge is -2.08. The number of amides is 1. The second-order valence-corrected chi connectivity index (χ2v) is 8.47. The maximum Gasteiger partial charge on any atom is 0.350 e. The Balaban J connectivity index is 1.48. The van der Waals surface area contributed by atoms with Gasteiger partial charge in [-0.1, -0.05) is 29.8 Å². The molecule has 0 radical (unpaired) electrons. The normalized spacial score (nSPS) is 10.5. The molecule has 1 amide bonds. The molecule has 1 heterocycles. The van der Waals surface area contributed by atoms with Crippen molar-refractivity contribution in [2.45, 2.75) is 26.7 Å². The second-order valence-electron chi connectivity index (χ2n) is 7.47. The Hall–Kier alpha value is -3.39. The van der Waals surface area contributed by atoms with Crippen molar-refractivity contribution in [1.82, 2.24) is 10.3 Å². The summed E-state index contributed by atoms with van der Waals surface area (Å²) in [6.07, 6.45) is 1.06. The molecule has 0 aliphatic heterocycles. The standard InChI is InChI=1S/C25H28N2O5S/c1-16-5-7-18(8-6-16)9-12-22(28)26-13-14-32-25(29)23-17(2)27-24(33-23)19-10-11-20(30-3)21(15-19)31-4/h5-8,10-11,15H,9,12-14H2,1-4H3,(H,26,28). The molecule has 0 unspecified atom stereocenters. The molecular weight excluding hydrogens is 440 g/mol. The average molecular weight is 469 g/mol. The first kappa shape index (κ1) is 24.3. The number of nitrogens with one attached hydrogen (secondary N) is 1. The maximum absolute atomic E-state index is 12.5. The number of thiazole rings is 1. The quantitative estimate of drug-likeness (QED) is 0.352. The highest BCUT2D eigenvalue weighted by Gasteiger charge is 2.18. The molecule has 2 aromatic carbocycles. The molecule has 0 saturated carbocycles. The minimum Gasteiger partial charge on any atom is -0.493 e. The topological polar surface area (TPSA) is 86.8 Å². The summed E-state index contributed by atoms with van der Waals surface area (Å²) in [4.78, 5) is 29.5. The fourth-order valence-corrected chi connectivity index (χ4v) is 4.14. The van der Waals surface area contributed by atoms with Crippen LogP contribution < -0.4 is 14.8 Å². The van der Waals surface area contributed by atoms with Gasteiger partial charge in [-0.3, -0.25) is 4.79 Å². The highest BCUT2D eigenvalue weighted by Crippen LogP contribution is 2.35. The van der Waals surface area contributed by atoms with Gasteiger partial charge in [-0.2, -0.15) is 0 Å². The SMILES string of the molecule is COc1ccc(-c2nc(C)c(C(=O)OCCNC(=O)CCc3ccc(C)cc3)s2)cc1OC. The number of hydrogen-bond acceptors (Lipinski definition) is 7. The van der Waals surface area contributed by atoms with Crippen LogP contribution in [0.15, 0.2) is 42.5 Å². The largest absolute Gasteiger partial charge is 0.493 e. The second kappa shape index (κ2) is 11.5. The molecule has 3 aromatic rings. The van der Waals surface area contributed by atoms with E-state index in [0.717, 1.165) is 11.1 Å². The van der Waals surface area contributed by atoms with Crippen molar-refractivity contribution in [3.05, 3.63) is 64.2 Å². The fourth-order valence-electron chi connectivity index (χ4n) is 3.18. The van der Waals surface area contributed by atoms with E-state index in [1.807, 2.05) is 43.3 Å². The summed E-state index contributed by atoms with van der Waals surface area (Å²) in [5.41, 5.74) is 3.72. The molecule has 0 bridgehead atoms. The zero-order valence-corrected chi connectivity index (χ0v) is 20.1. The highest BCUT2D eigenvalue weighted by atomic mass is 32.1. The number of nitrogens with zero attached hydrogens (tertiary/aromatic N) is 1. The van der Waals surface area contributed by atoms with Crippen LogP contribution in [-0.2, 0) is 16.0 Å². The van der Waals surface area contributed by atoms with E-state index in [2.05, 4.69) is 10.3 Å². The van der Waals surface area contributed by atoms with Crippen molar-refractivity contribution in [3.8, 4) is 22.1 Å². The lowest BCUT2D eigenvalue weighted by atomic mass is 10.1. The summed E-state index contributed by atoms with van der Waals surface area (Å²) >= 11 is 1.26. The van der Waals surface area contributed by atoms with Crippen LogP contribution in [0.5, 0.6) is 11.5 Å². The zero-order chi connectivity index (χ0) is 23.8. The summed E-state index contributed by atoms with van der Waals surface area (Å²) in [5, 5.41) is 3.47. The first-order valence-electron chi connectivity index (χ1n) is 10.6. The predicted molar refractivity (Wildman–Crippen MR) is 128 cm³/mol. The molecule has 0 spiro atoms. The van der Waals surface area contributed by atoms with Crippen molar-refractivity contribution in [2.24, 2.45) is 0 Å². The first-order chi connectivity index (χ1) is 15.9. The van der Waals surface area contributed by atoms with Crippen LogP contribution in [-0.4, -0.2) is 44.2 Å². The molecule has 0 aliphatic rings. The van der Waals surface area contributed by atoms with Gasteiger partial charge in [0.15, 0.2) is 11.5 Å². The number of aryl methyl sites for hydroxylation is 3. The van der Waals surface area contributed by atoms with Crippen LogP contribution in [0.3, 0.4) is 0 Å². The Labute approximate surface area is 197 Å². The molecular formula is C25H28N2O5S. The van der Waals surface area contributed by atoms with E-state index >= 15 is 0 Å². The van der Waals surface area contributed by atoms with Crippen molar-refractivity contribution in [1.29, 1.82) is 0 Å². The lowest BCUT2D eigenvalue weighted by molar-refractivity contribution is -0.121. The molecule has 0 saturated heterocycles. The maximum atomic E-state index is 12.5. The molecule has 3 rings (SSSR count). The van der Waals surface area contributed by atoms with Gasteiger partial charge >= 0.3 is 5.97 Å². The Kier molecular flexibility index (Phi) is 8.43. The number of esters is 1. The van der Waals surface area contributed by atoms with Crippen LogP contribution in [0.2, 0.25) is 0 Å². The summed E-state index contributed by atoms with van der Waals surface area (Å²) in [6, 6.07) is 13.6. The zero-order valence-electron chi connectivity index (χ0n) is 19.3. The molecule has 33 heavy (non-hydrogen) atoms. The molecule has 7 nitrogen and oxygen atoms in total. The van der Waals surface area contributed by atoms with Crippen molar-refractivity contribution in [2.75, 3.05) is 27.4 Å². The monoisotopic (exact) mass is 468 g/mol. The van der Waals surface area contributed by atoms with Gasteiger partial charge in [0.2, 0.25) is 5.91 Å². The van der Waals surface area contributed by atoms with Crippen LogP contribution in [0.1, 0.15) is 32.9 Å². The van der Waals surface area contributed by atoms with Gasteiger partial charge < -0.3 is 19.5 Å². The number of benzene rings is 2. The molecule has 1 aromatic heterocycles. The van der Waals surface area contributed by atoms with E-state index in [4.69, 9.17) is 14.2 Å². The van der Waals surface area contributed by atoms with E-state index in [-0.39, 0.29) is 19.1 Å². The minimum atomic E-state index is -0.453. The number of hydrogen-bond donors (Lipinski definition) is 1. The smallest absolute Gasteiger partial charge is 0.350 e. The Morgan fingerprint density at radius 1 is 1.00 bits per heavy atom. The number of methoxy groups -OCH3 is 2. The number of carbonyl (C=O) groups is 2. The highest BCUT2D eigenvalue weighted by molar-refractivity contribution is 7.17. The van der Waals surface area contributed by atoms with Crippen LogP contribution in [0.25, 0.3) is 10.6 Å². The summed E-state index contributed by atoms with van der Waals surface area (Å²) < 4.78 is 15.9. The minimum absolute atomic E-state index is 0.0728. The number of carbonyl (C=O) groups excluding carboxylic acids is 2. The molecule has 0 atom stereocenters. The molecule has 174 valence electrons. The van der Waals surface area contributed by atoms with E-state index in [0.29, 0.717) is 39.9 Å². The van der Waals surface area contributed by atoms with Crippen LogP contribution in [0, 0.1) is 13.8 Å². The fraction of sp³-hybridized carbons (Fsp3) is 0.320. The summed E-state index contributed by atoms with van der Waals surface area (Å²) in [7, 11) is 3.14. The van der Waals surface area contributed by atoms with Crippen LogP contribution in [0.4, 0.5) is 0 Å². The molecule has 1 N–H and O–H groups in total. The van der Waals surface area contributed by atoms with Gasteiger partial charge in [-0.15, -0.1) is 11.3 Å². The average Bonchev–Trinajstić information content (AvgIpc) is 3.22. The summed E-state index contributed by atoms with van der Waals surface area (Å²) in [5.74, 6) is 0.683. The van der Waals surface area contributed by atoms with Gasteiger partial charge in [0.1, 0.15) is 16.5 Å². The number of aromatic nitrogens is 1. The van der Waals surface area contributed by atoms with E-state index in [9.17, 15) is 9.59 Å². The van der Waals surface area contributed by atoms with E-state index < -0.39 is 5.97 Å². The van der Waals surface area contributed by atoms with Crippen LogP contribution >= 0.6 is 11.3 Å². The molecule has 0 aliphatic carbocycles. The molecule has 0 fully saturated rings. The third-order valence-corrected chi connectivity index (χ3v) is 6.22. The molecule has 8 heteroatoms. The van der Waals surface area contributed by atoms with Gasteiger partial charge in [0.25, 0.3) is 0 Å². The van der Waals surface area contributed by atoms with E-state index in [1.165, 1.54) is 16.9 Å². The Bertz CT molecular complexity index is 1110. The van der Waals surface area contributed by atoms with Gasteiger partial charge in [-0.05, 0) is 44.0 Å². The van der Waals surface area contributed by atoms with Gasteiger partial charge in [0, 0.05) is 12.0 Å². The predicted octanol–water partition coefficient (Wildman–Crippen LogP) is 4.35. The van der Waals surface area contributed by atoms with Crippen molar-refractivity contribution < 1.29 is 23.8 Å². The van der Waals surface area contributed by atoms with E-state index in [1.54, 1.807) is 27.2 Å². The third-order valence-electron chi connectivity index (χ3n) is 5.03. The Morgan fingerprint density at radius 2 is 1.73 bits per heavy atom. The summed E-state index contributed by atoms with van der Waals surface area (Å²) in [6.45, 7) is 4.16. The lowest BCUT2D eigenvalue weighted by Crippen LogP contribution is -2.28.